The number of para-hydroxylation sites is 1. The maximum absolute atomic E-state index is 11.8. The van der Waals surface area contributed by atoms with E-state index in [-0.39, 0.29) is 17.7 Å². The minimum atomic E-state index is -0.0739. The van der Waals surface area contributed by atoms with Crippen LogP contribution < -0.4 is 10.6 Å². The second-order valence-electron chi connectivity index (χ2n) is 4.52. The predicted octanol–water partition coefficient (Wildman–Crippen LogP) is 2.34. The summed E-state index contributed by atoms with van der Waals surface area (Å²) in [6, 6.07) is 9.28. The van der Waals surface area contributed by atoms with Crippen LogP contribution in [-0.4, -0.2) is 18.4 Å². The maximum atomic E-state index is 11.8. The first-order valence-electron chi connectivity index (χ1n) is 6.34. The lowest BCUT2D eigenvalue weighted by atomic mass is 10.0. The number of rotatable bonds is 7. The minimum absolute atomic E-state index is 0.00790. The van der Waals surface area contributed by atoms with Gasteiger partial charge >= 0.3 is 0 Å². The normalized spacial score (nSPS) is 11.4. The number of hydrogen-bond acceptors (Lipinski definition) is 2. The Balaban J connectivity index is 2.31. The van der Waals surface area contributed by atoms with Crippen LogP contribution in [0.3, 0.4) is 0 Å². The number of carbonyl (C=O) groups is 2. The van der Waals surface area contributed by atoms with Crippen LogP contribution in [0, 0.1) is 5.92 Å². The molecule has 1 atom stereocenters. The highest BCUT2D eigenvalue weighted by Gasteiger charge is 2.13. The number of carbonyl (C=O) groups excluding carboxylic acids is 2. The summed E-state index contributed by atoms with van der Waals surface area (Å²) < 4.78 is 0. The zero-order chi connectivity index (χ0) is 14.1. The first kappa shape index (κ1) is 15.0. The van der Waals surface area contributed by atoms with Gasteiger partial charge in [0.15, 0.2) is 0 Å². The maximum Gasteiger partial charge on any atom is 0.224 e. The number of benzene rings is 1. The molecule has 0 bridgehead atoms. The van der Waals surface area contributed by atoms with Crippen molar-refractivity contribution in [3.63, 3.8) is 0 Å². The second kappa shape index (κ2) is 8.08. The lowest BCUT2D eigenvalue weighted by molar-refractivity contribution is -0.122. The molecule has 0 aromatic heterocycles. The van der Waals surface area contributed by atoms with Crippen LogP contribution in [0.25, 0.3) is 0 Å². The van der Waals surface area contributed by atoms with Crippen molar-refractivity contribution in [3.05, 3.63) is 43.0 Å². The van der Waals surface area contributed by atoms with E-state index in [1.165, 1.54) is 0 Å². The van der Waals surface area contributed by atoms with Crippen LogP contribution in [0.2, 0.25) is 0 Å². The Kier molecular flexibility index (Phi) is 6.36. The molecular formula is C15H20N2O2. The Morgan fingerprint density at radius 2 is 1.84 bits per heavy atom. The predicted molar refractivity (Wildman–Crippen MR) is 76.7 cm³/mol. The second-order valence-corrected chi connectivity index (χ2v) is 4.52. The van der Waals surface area contributed by atoms with Crippen molar-refractivity contribution >= 4 is 17.5 Å². The van der Waals surface area contributed by atoms with Gasteiger partial charge in [0.1, 0.15) is 0 Å². The number of hydrogen-bond donors (Lipinski definition) is 2. The molecule has 0 saturated carbocycles. The van der Waals surface area contributed by atoms with Crippen molar-refractivity contribution in [3.8, 4) is 0 Å². The van der Waals surface area contributed by atoms with Gasteiger partial charge in [0.2, 0.25) is 11.8 Å². The van der Waals surface area contributed by atoms with Gasteiger partial charge in [-0.1, -0.05) is 31.2 Å². The van der Waals surface area contributed by atoms with Gasteiger partial charge in [-0.05, 0) is 18.1 Å². The monoisotopic (exact) mass is 260 g/mol. The lowest BCUT2D eigenvalue weighted by Crippen LogP contribution is -2.26. The Morgan fingerprint density at radius 1 is 1.21 bits per heavy atom. The molecule has 4 heteroatoms. The topological polar surface area (TPSA) is 58.2 Å². The molecule has 1 aromatic carbocycles. The van der Waals surface area contributed by atoms with Crippen molar-refractivity contribution in [2.75, 3.05) is 11.9 Å². The molecule has 0 aliphatic heterocycles. The largest absolute Gasteiger partial charge is 0.353 e. The molecule has 4 nitrogen and oxygen atoms in total. The van der Waals surface area contributed by atoms with Gasteiger partial charge in [0, 0.05) is 25.1 Å². The van der Waals surface area contributed by atoms with Gasteiger partial charge < -0.3 is 10.6 Å². The average molecular weight is 260 g/mol. The molecule has 2 amide bonds. The number of amides is 2. The molecule has 0 heterocycles. The highest BCUT2D eigenvalue weighted by atomic mass is 16.2. The third-order valence-electron chi connectivity index (χ3n) is 2.57. The van der Waals surface area contributed by atoms with Crippen LogP contribution in [0.1, 0.15) is 19.8 Å². The average Bonchev–Trinajstić information content (AvgIpc) is 2.37. The fraction of sp³-hybridized carbons (Fsp3) is 0.333. The summed E-state index contributed by atoms with van der Waals surface area (Å²) in [6.45, 7) is 5.88. The standard InChI is InChI=1S/C15H20N2O2/c1-3-9-16-14(18)10-12(2)11-15(19)17-13-7-5-4-6-8-13/h3-8,12H,1,9-11H2,2H3,(H,16,18)(H,17,19)/t12-/m1/s1. The molecule has 0 spiro atoms. The van der Waals surface area contributed by atoms with Gasteiger partial charge in [-0.3, -0.25) is 9.59 Å². The summed E-state index contributed by atoms with van der Waals surface area (Å²) in [4.78, 5) is 23.2. The van der Waals surface area contributed by atoms with E-state index in [4.69, 9.17) is 0 Å². The van der Waals surface area contributed by atoms with Crippen molar-refractivity contribution < 1.29 is 9.59 Å². The molecule has 1 aromatic rings. The Morgan fingerprint density at radius 3 is 2.47 bits per heavy atom. The lowest BCUT2D eigenvalue weighted by Gasteiger charge is -2.11. The Bertz CT molecular complexity index is 429. The Labute approximate surface area is 113 Å². The van der Waals surface area contributed by atoms with E-state index < -0.39 is 0 Å². The third kappa shape index (κ3) is 6.41. The molecule has 0 unspecified atom stereocenters. The first-order chi connectivity index (χ1) is 9.11. The SMILES string of the molecule is C=CCNC(=O)C[C@@H](C)CC(=O)Nc1ccccc1. The van der Waals surface area contributed by atoms with E-state index in [1.807, 2.05) is 37.3 Å². The molecule has 0 fully saturated rings. The van der Waals surface area contributed by atoms with E-state index in [2.05, 4.69) is 17.2 Å². The highest BCUT2D eigenvalue weighted by molar-refractivity contribution is 5.91. The van der Waals surface area contributed by atoms with E-state index in [0.717, 1.165) is 5.69 Å². The summed E-state index contributed by atoms with van der Waals surface area (Å²) in [6.07, 6.45) is 2.30. The van der Waals surface area contributed by atoms with Crippen LogP contribution in [-0.2, 0) is 9.59 Å². The van der Waals surface area contributed by atoms with E-state index >= 15 is 0 Å². The van der Waals surface area contributed by atoms with Gasteiger partial charge in [-0.25, -0.2) is 0 Å². The molecule has 0 radical (unpaired) electrons. The molecule has 19 heavy (non-hydrogen) atoms. The minimum Gasteiger partial charge on any atom is -0.353 e. The molecule has 2 N–H and O–H groups in total. The smallest absolute Gasteiger partial charge is 0.224 e. The van der Waals surface area contributed by atoms with Crippen LogP contribution in [0.15, 0.2) is 43.0 Å². The molecule has 0 aliphatic rings. The van der Waals surface area contributed by atoms with Crippen LogP contribution in [0.4, 0.5) is 5.69 Å². The fourth-order valence-corrected chi connectivity index (χ4v) is 1.70. The first-order valence-corrected chi connectivity index (χ1v) is 6.34. The zero-order valence-corrected chi connectivity index (χ0v) is 11.2. The zero-order valence-electron chi connectivity index (χ0n) is 11.2. The van der Waals surface area contributed by atoms with E-state index in [0.29, 0.717) is 19.4 Å². The van der Waals surface area contributed by atoms with Gasteiger partial charge in [0.05, 0.1) is 0 Å². The van der Waals surface area contributed by atoms with Crippen molar-refractivity contribution in [2.24, 2.45) is 5.92 Å². The van der Waals surface area contributed by atoms with Crippen molar-refractivity contribution in [1.29, 1.82) is 0 Å². The van der Waals surface area contributed by atoms with E-state index in [9.17, 15) is 9.59 Å². The summed E-state index contributed by atoms with van der Waals surface area (Å²) >= 11 is 0. The Hall–Kier alpha value is -2.10. The van der Waals surface area contributed by atoms with Crippen LogP contribution >= 0.6 is 0 Å². The summed E-state index contributed by atoms with van der Waals surface area (Å²) in [7, 11) is 0. The fourth-order valence-electron chi connectivity index (χ4n) is 1.70. The molecule has 102 valence electrons. The molecule has 0 saturated heterocycles. The third-order valence-corrected chi connectivity index (χ3v) is 2.57. The number of nitrogens with one attached hydrogen (secondary N) is 2. The molecule has 1 rings (SSSR count). The van der Waals surface area contributed by atoms with Gasteiger partial charge in [0.25, 0.3) is 0 Å². The van der Waals surface area contributed by atoms with E-state index in [1.54, 1.807) is 6.08 Å². The summed E-state index contributed by atoms with van der Waals surface area (Å²) in [5, 5.41) is 5.50. The summed E-state index contributed by atoms with van der Waals surface area (Å²) in [5.74, 6) is -0.122. The summed E-state index contributed by atoms with van der Waals surface area (Å²) in [5.41, 5.74) is 0.774. The molecule has 0 aliphatic carbocycles. The highest BCUT2D eigenvalue weighted by Crippen LogP contribution is 2.11. The quantitative estimate of drug-likeness (QED) is 0.739. The van der Waals surface area contributed by atoms with Crippen molar-refractivity contribution in [1.82, 2.24) is 5.32 Å². The van der Waals surface area contributed by atoms with Gasteiger partial charge in [-0.2, -0.15) is 0 Å². The van der Waals surface area contributed by atoms with Gasteiger partial charge in [-0.15, -0.1) is 6.58 Å². The molecular weight excluding hydrogens is 240 g/mol. The number of anilines is 1. The van der Waals surface area contributed by atoms with Crippen molar-refractivity contribution in [2.45, 2.75) is 19.8 Å². The van der Waals surface area contributed by atoms with Crippen LogP contribution in [0.5, 0.6) is 0 Å².